The second-order valence-corrected chi connectivity index (χ2v) is 4.79. The Hall–Kier alpha value is -0.440. The first-order valence-electron chi connectivity index (χ1n) is 3.91. The molecule has 0 spiro atoms. The van der Waals surface area contributed by atoms with Gasteiger partial charge < -0.3 is 10.2 Å². The first-order chi connectivity index (χ1) is 7.18. The molecule has 90 valence electrons. The van der Waals surface area contributed by atoms with Crippen molar-refractivity contribution in [3.63, 3.8) is 0 Å². The molecule has 0 aliphatic carbocycles. The number of Topliss-reactive ketones (excluding diaryl/α,β-unsaturated/α-hetero) is 1. The van der Waals surface area contributed by atoms with E-state index in [2.05, 4.69) is 15.9 Å². The van der Waals surface area contributed by atoms with Crippen LogP contribution in [-0.4, -0.2) is 32.8 Å². The van der Waals surface area contributed by atoms with E-state index in [-0.39, 0.29) is 4.88 Å². The number of halogens is 4. The molecule has 1 atom stereocenters. The molecule has 2 N–H and O–H groups in total. The SMILES string of the molecule is O=C(c1cccs1)C(Br)C(O)(O)C(F)(F)F. The zero-order valence-corrected chi connectivity index (χ0v) is 9.93. The summed E-state index contributed by atoms with van der Waals surface area (Å²) in [6.07, 6.45) is -5.31. The van der Waals surface area contributed by atoms with E-state index in [9.17, 15) is 18.0 Å². The summed E-state index contributed by atoms with van der Waals surface area (Å²) >= 11 is 3.28. The van der Waals surface area contributed by atoms with E-state index in [0.29, 0.717) is 0 Å². The summed E-state index contributed by atoms with van der Waals surface area (Å²) in [6.45, 7) is 0. The van der Waals surface area contributed by atoms with Gasteiger partial charge in [-0.05, 0) is 11.4 Å². The maximum absolute atomic E-state index is 12.2. The van der Waals surface area contributed by atoms with Crippen molar-refractivity contribution >= 4 is 33.0 Å². The minimum absolute atomic E-state index is 0.0126. The van der Waals surface area contributed by atoms with Gasteiger partial charge in [0.1, 0.15) is 4.83 Å². The number of carbonyl (C=O) groups excluding carboxylic acids is 1. The van der Waals surface area contributed by atoms with Crippen LogP contribution < -0.4 is 0 Å². The Kier molecular flexibility index (Phi) is 3.78. The number of hydrogen-bond donors (Lipinski definition) is 2. The molecule has 16 heavy (non-hydrogen) atoms. The Labute approximate surface area is 101 Å². The summed E-state index contributed by atoms with van der Waals surface area (Å²) in [6, 6.07) is 2.77. The number of carbonyl (C=O) groups is 1. The van der Waals surface area contributed by atoms with Gasteiger partial charge in [0.25, 0.3) is 5.79 Å². The van der Waals surface area contributed by atoms with E-state index in [4.69, 9.17) is 10.2 Å². The molecule has 0 fully saturated rings. The predicted octanol–water partition coefficient (Wildman–Crippen LogP) is 1.94. The fourth-order valence-electron chi connectivity index (χ4n) is 0.870. The van der Waals surface area contributed by atoms with Crippen LogP contribution in [0.2, 0.25) is 0 Å². The number of hydrogen-bond acceptors (Lipinski definition) is 4. The average Bonchev–Trinajstić information content (AvgIpc) is 2.66. The van der Waals surface area contributed by atoms with E-state index in [1.165, 1.54) is 17.5 Å². The number of ketones is 1. The van der Waals surface area contributed by atoms with Gasteiger partial charge in [0.05, 0.1) is 4.88 Å². The molecule has 0 radical (unpaired) electrons. The number of thiophene rings is 1. The lowest BCUT2D eigenvalue weighted by atomic mass is 10.1. The van der Waals surface area contributed by atoms with Gasteiger partial charge in [-0.25, -0.2) is 0 Å². The van der Waals surface area contributed by atoms with Gasteiger partial charge in [-0.1, -0.05) is 22.0 Å². The molecule has 0 saturated heterocycles. The summed E-state index contributed by atoms with van der Waals surface area (Å²) in [7, 11) is 0. The van der Waals surface area contributed by atoms with Crippen molar-refractivity contribution in [2.24, 2.45) is 0 Å². The standard InChI is InChI=1S/C8H6BrF3O3S/c9-6(7(14,15)8(10,11)12)5(13)4-2-1-3-16-4/h1-3,6,14-15H. The van der Waals surface area contributed by atoms with Crippen LogP contribution in [0.3, 0.4) is 0 Å². The van der Waals surface area contributed by atoms with Crippen LogP contribution >= 0.6 is 27.3 Å². The molecule has 3 nitrogen and oxygen atoms in total. The second-order valence-electron chi connectivity index (χ2n) is 2.93. The van der Waals surface area contributed by atoms with Crippen molar-refractivity contribution in [1.82, 2.24) is 0 Å². The van der Waals surface area contributed by atoms with Crippen LogP contribution in [0.5, 0.6) is 0 Å². The molecule has 1 unspecified atom stereocenters. The smallest absolute Gasteiger partial charge is 0.357 e. The van der Waals surface area contributed by atoms with E-state index >= 15 is 0 Å². The normalized spacial score (nSPS) is 14.9. The zero-order valence-electron chi connectivity index (χ0n) is 7.53. The zero-order chi connectivity index (χ0) is 12.6. The minimum Gasteiger partial charge on any atom is -0.357 e. The maximum atomic E-state index is 12.2. The Balaban J connectivity index is 2.95. The Bertz CT molecular complexity index is 374. The third-order valence-electron chi connectivity index (χ3n) is 1.76. The highest BCUT2D eigenvalue weighted by atomic mass is 79.9. The molecule has 0 aliphatic heterocycles. The van der Waals surface area contributed by atoms with E-state index in [0.717, 1.165) is 11.3 Å². The lowest BCUT2D eigenvalue weighted by molar-refractivity contribution is -0.342. The first-order valence-corrected chi connectivity index (χ1v) is 5.70. The second kappa shape index (κ2) is 4.44. The van der Waals surface area contributed by atoms with Gasteiger partial charge >= 0.3 is 6.18 Å². The number of alkyl halides is 4. The Morgan fingerprint density at radius 3 is 2.38 bits per heavy atom. The summed E-state index contributed by atoms with van der Waals surface area (Å²) in [5.74, 6) is -5.12. The van der Waals surface area contributed by atoms with Crippen molar-refractivity contribution < 1.29 is 28.2 Å². The van der Waals surface area contributed by atoms with Crippen LogP contribution in [0.25, 0.3) is 0 Å². The van der Waals surface area contributed by atoms with Crippen molar-refractivity contribution in [1.29, 1.82) is 0 Å². The molecule has 0 saturated carbocycles. The molecular formula is C8H6BrF3O3S. The first kappa shape index (κ1) is 13.6. The Morgan fingerprint density at radius 2 is 2.00 bits per heavy atom. The third kappa shape index (κ3) is 2.45. The summed E-state index contributed by atoms with van der Waals surface area (Å²) in [5.41, 5.74) is 0. The summed E-state index contributed by atoms with van der Waals surface area (Å²) < 4.78 is 36.6. The maximum Gasteiger partial charge on any atom is 0.444 e. The van der Waals surface area contributed by atoms with E-state index < -0.39 is 22.6 Å². The molecule has 1 rings (SSSR count). The van der Waals surface area contributed by atoms with Crippen LogP contribution in [0.15, 0.2) is 17.5 Å². The van der Waals surface area contributed by atoms with Crippen LogP contribution in [0.1, 0.15) is 9.67 Å². The fraction of sp³-hybridized carbons (Fsp3) is 0.375. The van der Waals surface area contributed by atoms with Crippen molar-refractivity contribution in [2.45, 2.75) is 16.8 Å². The van der Waals surface area contributed by atoms with E-state index in [1.807, 2.05) is 0 Å². The average molecular weight is 319 g/mol. The highest BCUT2D eigenvalue weighted by Crippen LogP contribution is 2.36. The fourth-order valence-corrected chi connectivity index (χ4v) is 2.22. The molecule has 1 aromatic rings. The van der Waals surface area contributed by atoms with Gasteiger partial charge in [-0.15, -0.1) is 11.3 Å². The molecular weight excluding hydrogens is 313 g/mol. The molecule has 0 amide bonds. The van der Waals surface area contributed by atoms with Crippen LogP contribution in [0, 0.1) is 0 Å². The lowest BCUT2D eigenvalue weighted by Gasteiger charge is -2.27. The number of rotatable bonds is 3. The Morgan fingerprint density at radius 1 is 1.44 bits per heavy atom. The quantitative estimate of drug-likeness (QED) is 0.509. The molecule has 1 aromatic heterocycles. The lowest BCUT2D eigenvalue weighted by Crippen LogP contribution is -2.54. The third-order valence-corrected chi connectivity index (χ3v) is 3.70. The molecule has 0 aliphatic rings. The molecule has 1 heterocycles. The molecule has 0 aromatic carbocycles. The minimum atomic E-state index is -5.31. The topological polar surface area (TPSA) is 57.5 Å². The highest BCUT2D eigenvalue weighted by molar-refractivity contribution is 9.10. The highest BCUT2D eigenvalue weighted by Gasteiger charge is 2.59. The summed E-state index contributed by atoms with van der Waals surface area (Å²) in [5, 5.41) is 19.2. The monoisotopic (exact) mass is 318 g/mol. The number of aliphatic hydroxyl groups is 2. The van der Waals surface area contributed by atoms with Crippen molar-refractivity contribution in [2.75, 3.05) is 0 Å². The molecule has 0 bridgehead atoms. The largest absolute Gasteiger partial charge is 0.444 e. The van der Waals surface area contributed by atoms with Crippen LogP contribution in [0.4, 0.5) is 13.2 Å². The van der Waals surface area contributed by atoms with Crippen LogP contribution in [-0.2, 0) is 0 Å². The summed E-state index contributed by atoms with van der Waals surface area (Å²) in [4.78, 5) is 9.30. The molecule has 8 heteroatoms. The van der Waals surface area contributed by atoms with Gasteiger partial charge in [0.2, 0.25) is 0 Å². The van der Waals surface area contributed by atoms with Crippen molar-refractivity contribution in [3.8, 4) is 0 Å². The van der Waals surface area contributed by atoms with Gasteiger partial charge in [-0.3, -0.25) is 4.79 Å². The van der Waals surface area contributed by atoms with Crippen molar-refractivity contribution in [3.05, 3.63) is 22.4 Å². The van der Waals surface area contributed by atoms with Gasteiger partial charge in [0.15, 0.2) is 5.78 Å². The van der Waals surface area contributed by atoms with Gasteiger partial charge in [-0.2, -0.15) is 13.2 Å². The van der Waals surface area contributed by atoms with Gasteiger partial charge in [0, 0.05) is 0 Å². The van der Waals surface area contributed by atoms with E-state index in [1.54, 1.807) is 0 Å². The predicted molar refractivity (Wildman–Crippen MR) is 54.6 cm³/mol.